The molecule has 1 heterocycles. The third-order valence-electron chi connectivity index (χ3n) is 1.57. The van der Waals surface area contributed by atoms with Gasteiger partial charge in [0.1, 0.15) is 11.5 Å². The van der Waals surface area contributed by atoms with Gasteiger partial charge in [0.25, 0.3) is 5.91 Å². The molecule has 0 radical (unpaired) electrons. The smallest absolute Gasteiger partial charge is 0.269 e. The molecule has 0 aliphatic carbocycles. The Morgan fingerprint density at radius 3 is 2.57 bits per heavy atom. The van der Waals surface area contributed by atoms with Crippen molar-refractivity contribution in [3.63, 3.8) is 0 Å². The molecule has 78 valence electrons. The van der Waals surface area contributed by atoms with Gasteiger partial charge in [-0.05, 0) is 20.8 Å². The van der Waals surface area contributed by atoms with E-state index in [1.165, 1.54) is 0 Å². The zero-order chi connectivity index (χ0) is 10.8. The number of rotatable bonds is 2. The van der Waals surface area contributed by atoms with Gasteiger partial charge in [0, 0.05) is 18.7 Å². The molecule has 0 bridgehead atoms. The van der Waals surface area contributed by atoms with Gasteiger partial charge in [-0.15, -0.1) is 0 Å². The lowest BCUT2D eigenvalue weighted by Crippen LogP contribution is -2.40. The van der Waals surface area contributed by atoms with E-state index in [-0.39, 0.29) is 11.4 Å². The van der Waals surface area contributed by atoms with Gasteiger partial charge in [-0.3, -0.25) is 9.89 Å². The molecule has 5 nitrogen and oxygen atoms in total. The number of aromatic nitrogens is 2. The van der Waals surface area contributed by atoms with Crippen molar-refractivity contribution in [2.45, 2.75) is 26.3 Å². The highest BCUT2D eigenvalue weighted by atomic mass is 16.2. The number of hydrogen-bond acceptors (Lipinski definition) is 3. The van der Waals surface area contributed by atoms with Crippen LogP contribution in [-0.2, 0) is 0 Å². The quantitative estimate of drug-likeness (QED) is 0.660. The molecular weight excluding hydrogens is 180 g/mol. The Labute approximate surface area is 83.3 Å². The van der Waals surface area contributed by atoms with Gasteiger partial charge in [0.05, 0.1) is 0 Å². The minimum absolute atomic E-state index is 0.147. The predicted octanol–water partition coefficient (Wildman–Crippen LogP) is 0.980. The van der Waals surface area contributed by atoms with Crippen LogP contribution in [0.4, 0.5) is 5.82 Å². The number of aromatic amines is 1. The number of nitrogens with one attached hydrogen (secondary N) is 3. The van der Waals surface area contributed by atoms with E-state index in [2.05, 4.69) is 20.8 Å². The van der Waals surface area contributed by atoms with Crippen LogP contribution in [0.1, 0.15) is 31.3 Å². The lowest BCUT2D eigenvalue weighted by molar-refractivity contribution is 0.0914. The maximum atomic E-state index is 11.6. The molecule has 1 aromatic heterocycles. The highest BCUT2D eigenvalue weighted by Crippen LogP contribution is 2.06. The van der Waals surface area contributed by atoms with Gasteiger partial charge in [0.2, 0.25) is 0 Å². The van der Waals surface area contributed by atoms with E-state index >= 15 is 0 Å². The minimum Gasteiger partial charge on any atom is -0.372 e. The van der Waals surface area contributed by atoms with Gasteiger partial charge >= 0.3 is 0 Å². The zero-order valence-electron chi connectivity index (χ0n) is 8.93. The first kappa shape index (κ1) is 10.6. The minimum atomic E-state index is -0.234. The fraction of sp³-hybridized carbons (Fsp3) is 0.556. The van der Waals surface area contributed by atoms with Crippen molar-refractivity contribution in [1.82, 2.24) is 15.5 Å². The molecule has 0 fully saturated rings. The van der Waals surface area contributed by atoms with Crippen molar-refractivity contribution in [2.24, 2.45) is 0 Å². The summed E-state index contributed by atoms with van der Waals surface area (Å²) in [6.45, 7) is 5.79. The van der Waals surface area contributed by atoms with Crippen LogP contribution in [0.15, 0.2) is 6.07 Å². The van der Waals surface area contributed by atoms with E-state index in [1.807, 2.05) is 20.8 Å². The van der Waals surface area contributed by atoms with Crippen molar-refractivity contribution in [3.05, 3.63) is 11.8 Å². The summed E-state index contributed by atoms with van der Waals surface area (Å²) in [7, 11) is 1.75. The van der Waals surface area contributed by atoms with Gasteiger partial charge < -0.3 is 10.6 Å². The molecule has 5 heteroatoms. The predicted molar refractivity (Wildman–Crippen MR) is 55.4 cm³/mol. The Balaban J connectivity index is 2.70. The second-order valence-corrected chi connectivity index (χ2v) is 4.12. The molecule has 0 saturated carbocycles. The highest BCUT2D eigenvalue weighted by Gasteiger charge is 2.16. The van der Waals surface area contributed by atoms with Gasteiger partial charge in [-0.1, -0.05) is 0 Å². The van der Waals surface area contributed by atoms with E-state index in [1.54, 1.807) is 13.1 Å². The molecule has 0 aromatic carbocycles. The van der Waals surface area contributed by atoms with Crippen LogP contribution < -0.4 is 10.6 Å². The molecule has 0 aliphatic heterocycles. The lowest BCUT2D eigenvalue weighted by Gasteiger charge is -2.19. The van der Waals surface area contributed by atoms with Crippen LogP contribution in [0.3, 0.4) is 0 Å². The summed E-state index contributed by atoms with van der Waals surface area (Å²) in [5, 5.41) is 12.2. The first-order valence-electron chi connectivity index (χ1n) is 4.48. The third-order valence-corrected chi connectivity index (χ3v) is 1.57. The molecular formula is C9H16N4O. The number of anilines is 1. The van der Waals surface area contributed by atoms with Crippen LogP contribution >= 0.6 is 0 Å². The third kappa shape index (κ3) is 2.76. The summed E-state index contributed by atoms with van der Waals surface area (Å²) < 4.78 is 0. The average Bonchev–Trinajstić information content (AvgIpc) is 2.48. The van der Waals surface area contributed by atoms with Crippen molar-refractivity contribution < 1.29 is 4.79 Å². The summed E-state index contributed by atoms with van der Waals surface area (Å²) in [6.07, 6.45) is 0. The average molecular weight is 196 g/mol. The second kappa shape index (κ2) is 3.69. The van der Waals surface area contributed by atoms with E-state index < -0.39 is 0 Å². The lowest BCUT2D eigenvalue weighted by atomic mass is 10.1. The standard InChI is InChI=1S/C9H16N4O/c1-9(2,3)11-8(14)6-5-7(10-4)13-12-6/h5H,1-4H3,(H,11,14)(H2,10,12,13). The molecule has 0 spiro atoms. The Bertz CT molecular complexity index is 324. The summed E-state index contributed by atoms with van der Waals surface area (Å²) in [6, 6.07) is 1.67. The molecule has 0 atom stereocenters. The number of carbonyl (C=O) groups is 1. The van der Waals surface area contributed by atoms with Crippen LogP contribution in [0.5, 0.6) is 0 Å². The maximum Gasteiger partial charge on any atom is 0.269 e. The van der Waals surface area contributed by atoms with E-state index in [4.69, 9.17) is 0 Å². The second-order valence-electron chi connectivity index (χ2n) is 4.12. The SMILES string of the molecule is CNc1cc(C(=O)NC(C)(C)C)[nH]n1. The number of amides is 1. The first-order valence-corrected chi connectivity index (χ1v) is 4.48. The number of hydrogen-bond donors (Lipinski definition) is 3. The Kier molecular flexibility index (Phi) is 2.78. The zero-order valence-corrected chi connectivity index (χ0v) is 8.93. The van der Waals surface area contributed by atoms with Gasteiger partial charge in [0.15, 0.2) is 0 Å². The Morgan fingerprint density at radius 2 is 2.14 bits per heavy atom. The molecule has 1 amide bonds. The maximum absolute atomic E-state index is 11.6. The van der Waals surface area contributed by atoms with E-state index in [0.717, 1.165) is 0 Å². The normalized spacial score (nSPS) is 11.1. The van der Waals surface area contributed by atoms with E-state index in [0.29, 0.717) is 11.5 Å². The van der Waals surface area contributed by atoms with Gasteiger partial charge in [-0.2, -0.15) is 5.10 Å². The molecule has 0 saturated heterocycles. The van der Waals surface area contributed by atoms with Crippen LogP contribution in [0, 0.1) is 0 Å². The summed E-state index contributed by atoms with van der Waals surface area (Å²) >= 11 is 0. The molecule has 1 rings (SSSR count). The topological polar surface area (TPSA) is 69.8 Å². The Morgan fingerprint density at radius 1 is 1.50 bits per heavy atom. The van der Waals surface area contributed by atoms with E-state index in [9.17, 15) is 4.79 Å². The molecule has 0 unspecified atom stereocenters. The van der Waals surface area contributed by atoms with Crippen LogP contribution in [-0.4, -0.2) is 28.7 Å². The molecule has 1 aromatic rings. The van der Waals surface area contributed by atoms with Crippen molar-refractivity contribution in [2.75, 3.05) is 12.4 Å². The summed E-state index contributed by atoms with van der Waals surface area (Å²) in [5.74, 6) is 0.510. The fourth-order valence-electron chi connectivity index (χ4n) is 0.974. The van der Waals surface area contributed by atoms with Crippen molar-refractivity contribution >= 4 is 11.7 Å². The van der Waals surface area contributed by atoms with Gasteiger partial charge in [-0.25, -0.2) is 0 Å². The number of carbonyl (C=O) groups excluding carboxylic acids is 1. The molecule has 3 N–H and O–H groups in total. The molecule has 14 heavy (non-hydrogen) atoms. The Hall–Kier alpha value is -1.52. The molecule has 0 aliphatic rings. The first-order chi connectivity index (χ1) is 6.42. The summed E-state index contributed by atoms with van der Waals surface area (Å²) in [5.41, 5.74) is 0.228. The van der Waals surface area contributed by atoms with Crippen molar-refractivity contribution in [3.8, 4) is 0 Å². The summed E-state index contributed by atoms with van der Waals surface area (Å²) in [4.78, 5) is 11.6. The highest BCUT2D eigenvalue weighted by molar-refractivity contribution is 5.93. The van der Waals surface area contributed by atoms with Crippen molar-refractivity contribution in [1.29, 1.82) is 0 Å². The van der Waals surface area contributed by atoms with Crippen LogP contribution in [0.25, 0.3) is 0 Å². The number of H-pyrrole nitrogens is 1. The number of nitrogens with zero attached hydrogens (tertiary/aromatic N) is 1. The fourth-order valence-corrected chi connectivity index (χ4v) is 0.974. The largest absolute Gasteiger partial charge is 0.372 e. The van der Waals surface area contributed by atoms with Crippen LogP contribution in [0.2, 0.25) is 0 Å². The monoisotopic (exact) mass is 196 g/mol.